The average molecular weight is 278 g/mol. The first kappa shape index (κ1) is 11.8. The molecule has 1 heterocycles. The highest BCUT2D eigenvalue weighted by Crippen LogP contribution is 2.46. The van der Waals surface area contributed by atoms with Crippen molar-refractivity contribution in [1.29, 1.82) is 0 Å². The number of carbonyl (C=O) groups is 1. The molecular formula is C14H12ClNOS. The summed E-state index contributed by atoms with van der Waals surface area (Å²) in [5.41, 5.74) is 0.895. The van der Waals surface area contributed by atoms with Crippen molar-refractivity contribution in [2.75, 3.05) is 0 Å². The predicted octanol–water partition coefficient (Wildman–Crippen LogP) is 3.82. The smallest absolute Gasteiger partial charge is 0.262 e. The van der Waals surface area contributed by atoms with Crippen LogP contribution in [0.25, 0.3) is 0 Å². The van der Waals surface area contributed by atoms with Crippen molar-refractivity contribution < 1.29 is 4.79 Å². The van der Waals surface area contributed by atoms with Crippen LogP contribution in [0.3, 0.4) is 0 Å². The maximum absolute atomic E-state index is 12.1. The summed E-state index contributed by atoms with van der Waals surface area (Å²) < 4.78 is 0. The van der Waals surface area contributed by atoms with Crippen molar-refractivity contribution in [3.63, 3.8) is 0 Å². The van der Waals surface area contributed by atoms with E-state index in [1.807, 2.05) is 41.8 Å². The first-order chi connectivity index (χ1) is 8.70. The van der Waals surface area contributed by atoms with Crippen LogP contribution in [-0.4, -0.2) is 5.91 Å². The minimum atomic E-state index is -0.202. The van der Waals surface area contributed by atoms with Gasteiger partial charge in [-0.2, -0.15) is 0 Å². The second-order valence-electron chi connectivity index (χ2n) is 4.52. The Balaban J connectivity index is 1.82. The number of hydrogen-bond acceptors (Lipinski definition) is 2. The first-order valence-electron chi connectivity index (χ1n) is 5.82. The Bertz CT molecular complexity index is 575. The summed E-state index contributed by atoms with van der Waals surface area (Å²) in [6.45, 7) is 0. The monoisotopic (exact) mass is 277 g/mol. The Morgan fingerprint density at radius 1 is 1.28 bits per heavy atom. The van der Waals surface area contributed by atoms with Crippen molar-refractivity contribution in [2.24, 2.45) is 0 Å². The van der Waals surface area contributed by atoms with Crippen LogP contribution in [0, 0.1) is 0 Å². The van der Waals surface area contributed by atoms with Gasteiger partial charge in [-0.15, -0.1) is 11.3 Å². The van der Waals surface area contributed by atoms with Crippen LogP contribution in [0.4, 0.5) is 0 Å². The third-order valence-electron chi connectivity index (χ3n) is 3.22. The van der Waals surface area contributed by atoms with E-state index in [9.17, 15) is 4.79 Å². The van der Waals surface area contributed by atoms with E-state index in [-0.39, 0.29) is 11.4 Å². The number of rotatable bonds is 3. The largest absolute Gasteiger partial charge is 0.342 e. The average Bonchev–Trinajstić information content (AvgIpc) is 2.93. The quantitative estimate of drug-likeness (QED) is 0.908. The summed E-state index contributed by atoms with van der Waals surface area (Å²) in [4.78, 5) is 12.8. The molecule has 0 saturated heterocycles. The van der Waals surface area contributed by atoms with Gasteiger partial charge in [-0.1, -0.05) is 29.8 Å². The lowest BCUT2D eigenvalue weighted by Crippen LogP contribution is -2.34. The fraction of sp³-hybridized carbons (Fsp3) is 0.214. The third-order valence-corrected chi connectivity index (χ3v) is 4.33. The molecule has 18 heavy (non-hydrogen) atoms. The molecule has 0 aliphatic heterocycles. The van der Waals surface area contributed by atoms with Crippen molar-refractivity contribution in [3.8, 4) is 0 Å². The highest BCUT2D eigenvalue weighted by molar-refractivity contribution is 7.12. The molecule has 0 radical (unpaired) electrons. The molecule has 2 aromatic rings. The number of benzene rings is 1. The SMILES string of the molecule is O=C(NC1(c2cccc(Cl)c2)CC1)c1cccs1. The van der Waals surface area contributed by atoms with Crippen LogP contribution in [0.5, 0.6) is 0 Å². The van der Waals surface area contributed by atoms with Crippen molar-refractivity contribution in [1.82, 2.24) is 5.32 Å². The van der Waals surface area contributed by atoms with Crippen molar-refractivity contribution >= 4 is 28.8 Å². The van der Waals surface area contributed by atoms with E-state index in [1.54, 1.807) is 0 Å². The summed E-state index contributed by atoms with van der Waals surface area (Å²) in [6, 6.07) is 11.5. The Morgan fingerprint density at radius 3 is 2.72 bits per heavy atom. The predicted molar refractivity (Wildman–Crippen MR) is 74.1 cm³/mol. The van der Waals surface area contributed by atoms with Gasteiger partial charge in [-0.25, -0.2) is 0 Å². The number of nitrogens with one attached hydrogen (secondary N) is 1. The fourth-order valence-corrected chi connectivity index (χ4v) is 2.89. The lowest BCUT2D eigenvalue weighted by molar-refractivity contribution is 0.0935. The number of halogens is 1. The molecule has 1 aromatic heterocycles. The van der Waals surface area contributed by atoms with Crippen LogP contribution >= 0.6 is 22.9 Å². The van der Waals surface area contributed by atoms with Gasteiger partial charge in [-0.3, -0.25) is 4.79 Å². The summed E-state index contributed by atoms with van der Waals surface area (Å²) in [7, 11) is 0. The Labute approximate surface area is 115 Å². The van der Waals surface area contributed by atoms with Crippen molar-refractivity contribution in [3.05, 3.63) is 57.2 Å². The molecule has 1 aliphatic carbocycles. The molecule has 92 valence electrons. The Kier molecular flexibility index (Phi) is 2.88. The van der Waals surface area contributed by atoms with E-state index >= 15 is 0 Å². The number of hydrogen-bond donors (Lipinski definition) is 1. The van der Waals surface area contributed by atoms with Gasteiger partial charge in [-0.05, 0) is 42.0 Å². The highest BCUT2D eigenvalue weighted by Gasteiger charge is 2.45. The second kappa shape index (κ2) is 4.41. The van der Waals surface area contributed by atoms with Gasteiger partial charge in [0, 0.05) is 5.02 Å². The maximum Gasteiger partial charge on any atom is 0.262 e. The van der Waals surface area contributed by atoms with Gasteiger partial charge >= 0.3 is 0 Å². The zero-order valence-electron chi connectivity index (χ0n) is 9.65. The van der Waals surface area contributed by atoms with Gasteiger partial charge in [0.25, 0.3) is 5.91 Å². The second-order valence-corrected chi connectivity index (χ2v) is 5.91. The van der Waals surface area contributed by atoms with E-state index in [0.29, 0.717) is 5.02 Å². The van der Waals surface area contributed by atoms with Crippen LogP contribution in [-0.2, 0) is 5.54 Å². The van der Waals surface area contributed by atoms with Crippen LogP contribution in [0.1, 0.15) is 28.1 Å². The van der Waals surface area contributed by atoms with E-state index in [2.05, 4.69) is 5.32 Å². The number of carbonyl (C=O) groups excluding carboxylic acids is 1. The first-order valence-corrected chi connectivity index (χ1v) is 7.07. The summed E-state index contributed by atoms with van der Waals surface area (Å²) in [5.74, 6) is 0.00229. The summed E-state index contributed by atoms with van der Waals surface area (Å²) in [6.07, 6.45) is 1.95. The summed E-state index contributed by atoms with van der Waals surface area (Å²) >= 11 is 7.46. The third kappa shape index (κ3) is 2.16. The standard InChI is InChI=1S/C14H12ClNOS/c15-11-4-1-3-10(9-11)14(6-7-14)16-13(17)12-5-2-8-18-12/h1-5,8-9H,6-7H2,(H,16,17). The van der Waals surface area contributed by atoms with E-state index in [4.69, 9.17) is 11.6 Å². The lowest BCUT2D eigenvalue weighted by atomic mass is 10.0. The molecule has 0 atom stereocenters. The fourth-order valence-electron chi connectivity index (χ4n) is 2.08. The molecule has 2 nitrogen and oxygen atoms in total. The topological polar surface area (TPSA) is 29.1 Å². The van der Waals surface area contributed by atoms with Crippen molar-refractivity contribution in [2.45, 2.75) is 18.4 Å². The molecule has 0 spiro atoms. The number of amides is 1. The van der Waals surface area contributed by atoms with Gasteiger partial charge < -0.3 is 5.32 Å². The zero-order chi connectivity index (χ0) is 12.6. The van der Waals surface area contributed by atoms with Gasteiger partial charge in [0.15, 0.2) is 0 Å². The molecule has 1 aliphatic rings. The minimum Gasteiger partial charge on any atom is -0.342 e. The van der Waals surface area contributed by atoms with E-state index < -0.39 is 0 Å². The van der Waals surface area contributed by atoms with Gasteiger partial charge in [0.2, 0.25) is 0 Å². The van der Waals surface area contributed by atoms with Crippen LogP contribution < -0.4 is 5.32 Å². The van der Waals surface area contributed by atoms with E-state index in [1.165, 1.54) is 11.3 Å². The lowest BCUT2D eigenvalue weighted by Gasteiger charge is -2.17. The summed E-state index contributed by atoms with van der Waals surface area (Å²) in [5, 5.41) is 5.75. The van der Waals surface area contributed by atoms with Gasteiger partial charge in [0.05, 0.1) is 10.4 Å². The molecule has 1 saturated carbocycles. The van der Waals surface area contributed by atoms with Crippen LogP contribution in [0.15, 0.2) is 41.8 Å². The minimum absolute atomic E-state index is 0.00229. The molecule has 3 rings (SSSR count). The zero-order valence-corrected chi connectivity index (χ0v) is 11.2. The Hall–Kier alpha value is -1.32. The molecule has 0 unspecified atom stereocenters. The normalized spacial score (nSPS) is 16.3. The molecular weight excluding hydrogens is 266 g/mol. The molecule has 1 fully saturated rings. The Morgan fingerprint density at radius 2 is 2.11 bits per heavy atom. The maximum atomic E-state index is 12.1. The molecule has 1 amide bonds. The highest BCUT2D eigenvalue weighted by atomic mass is 35.5. The van der Waals surface area contributed by atoms with Gasteiger partial charge in [0.1, 0.15) is 0 Å². The van der Waals surface area contributed by atoms with E-state index in [0.717, 1.165) is 23.3 Å². The number of thiophene rings is 1. The molecule has 1 N–H and O–H groups in total. The van der Waals surface area contributed by atoms with Crippen LogP contribution in [0.2, 0.25) is 5.02 Å². The molecule has 1 aromatic carbocycles. The molecule has 0 bridgehead atoms. The molecule has 4 heteroatoms.